The Morgan fingerprint density at radius 2 is 1.60 bits per heavy atom. The maximum absolute atomic E-state index is 12.5. The van der Waals surface area contributed by atoms with E-state index in [2.05, 4.69) is 41.3 Å². The number of rotatable bonds is 7. The standard InChI is InChI=1S/C29H33ClN2O3/c1-29(2,3)35-28(33)31-18-17-23(20-31)21-32(19-22-7-5-4-6-8-22)25-11-15-27(16-12-25)34-26-13-9-24(30)10-14-26/h4-16,23H,17-21H2,1-3H3. The summed E-state index contributed by atoms with van der Waals surface area (Å²) in [5, 5.41) is 0.682. The fraction of sp³-hybridized carbons (Fsp3) is 0.345. The normalized spacial score (nSPS) is 15.7. The lowest BCUT2D eigenvalue weighted by Gasteiger charge is -2.29. The van der Waals surface area contributed by atoms with Crippen LogP contribution in [0.3, 0.4) is 0 Å². The fourth-order valence-electron chi connectivity index (χ4n) is 4.21. The van der Waals surface area contributed by atoms with Gasteiger partial charge in [0.2, 0.25) is 0 Å². The maximum atomic E-state index is 12.5. The van der Waals surface area contributed by atoms with Crippen LogP contribution < -0.4 is 9.64 Å². The number of ether oxygens (including phenoxy) is 2. The highest BCUT2D eigenvalue weighted by molar-refractivity contribution is 6.30. The third-order valence-corrected chi connectivity index (χ3v) is 6.14. The van der Waals surface area contributed by atoms with E-state index < -0.39 is 5.60 Å². The topological polar surface area (TPSA) is 42.0 Å². The second-order valence-electron chi connectivity index (χ2n) is 10.00. The van der Waals surface area contributed by atoms with E-state index in [9.17, 15) is 4.79 Å². The van der Waals surface area contributed by atoms with Gasteiger partial charge in [-0.25, -0.2) is 4.79 Å². The molecule has 3 aromatic rings. The van der Waals surface area contributed by atoms with Crippen LogP contribution in [0.15, 0.2) is 78.9 Å². The summed E-state index contributed by atoms with van der Waals surface area (Å²) in [6.45, 7) is 8.79. The lowest BCUT2D eigenvalue weighted by Crippen LogP contribution is -2.36. The van der Waals surface area contributed by atoms with Crippen LogP contribution in [0.25, 0.3) is 0 Å². The molecule has 5 nitrogen and oxygen atoms in total. The molecule has 0 radical (unpaired) electrons. The summed E-state index contributed by atoms with van der Waals surface area (Å²) in [6, 6.07) is 26.0. The molecule has 1 unspecified atom stereocenters. The van der Waals surface area contributed by atoms with Gasteiger partial charge in [0.1, 0.15) is 17.1 Å². The van der Waals surface area contributed by atoms with Crippen LogP contribution in [0.2, 0.25) is 5.02 Å². The molecule has 35 heavy (non-hydrogen) atoms. The predicted molar refractivity (Wildman–Crippen MR) is 141 cm³/mol. The molecule has 1 amide bonds. The molecule has 184 valence electrons. The number of hydrogen-bond acceptors (Lipinski definition) is 4. The number of anilines is 1. The van der Waals surface area contributed by atoms with Crippen LogP contribution in [-0.2, 0) is 11.3 Å². The molecule has 1 fully saturated rings. The van der Waals surface area contributed by atoms with Crippen molar-refractivity contribution in [2.45, 2.75) is 39.3 Å². The van der Waals surface area contributed by atoms with Crippen LogP contribution in [0.4, 0.5) is 10.5 Å². The summed E-state index contributed by atoms with van der Waals surface area (Å²) < 4.78 is 11.5. The minimum Gasteiger partial charge on any atom is -0.457 e. The SMILES string of the molecule is CC(C)(C)OC(=O)N1CCC(CN(Cc2ccccc2)c2ccc(Oc3ccc(Cl)cc3)cc2)C1. The molecule has 0 aromatic heterocycles. The average molecular weight is 493 g/mol. The number of likely N-dealkylation sites (tertiary alicyclic amines) is 1. The van der Waals surface area contributed by atoms with Crippen molar-refractivity contribution in [3.05, 3.63) is 89.4 Å². The first kappa shape index (κ1) is 24.9. The van der Waals surface area contributed by atoms with Crippen molar-refractivity contribution >= 4 is 23.4 Å². The fourth-order valence-corrected chi connectivity index (χ4v) is 4.34. The average Bonchev–Trinajstić information content (AvgIpc) is 3.29. The largest absolute Gasteiger partial charge is 0.457 e. The maximum Gasteiger partial charge on any atom is 0.410 e. The zero-order valence-corrected chi connectivity index (χ0v) is 21.4. The summed E-state index contributed by atoms with van der Waals surface area (Å²) in [7, 11) is 0. The van der Waals surface area contributed by atoms with Gasteiger partial charge >= 0.3 is 6.09 Å². The van der Waals surface area contributed by atoms with Gasteiger partial charge in [-0.05, 0) is 87.2 Å². The van der Waals surface area contributed by atoms with Crippen molar-refractivity contribution in [2.75, 3.05) is 24.5 Å². The van der Waals surface area contributed by atoms with E-state index in [1.807, 2.05) is 68.1 Å². The Kier molecular flexibility index (Phi) is 7.86. The molecular formula is C29H33ClN2O3. The Hall–Kier alpha value is -3.18. The van der Waals surface area contributed by atoms with Crippen molar-refractivity contribution in [3.63, 3.8) is 0 Å². The Balaban J connectivity index is 1.45. The number of carbonyl (C=O) groups is 1. The molecular weight excluding hydrogens is 460 g/mol. The molecule has 0 aliphatic carbocycles. The van der Waals surface area contributed by atoms with Crippen LogP contribution in [-0.4, -0.2) is 36.2 Å². The van der Waals surface area contributed by atoms with Crippen molar-refractivity contribution < 1.29 is 14.3 Å². The van der Waals surface area contributed by atoms with Crippen molar-refractivity contribution in [3.8, 4) is 11.5 Å². The molecule has 1 heterocycles. The lowest BCUT2D eigenvalue weighted by molar-refractivity contribution is 0.0288. The molecule has 0 spiro atoms. The predicted octanol–water partition coefficient (Wildman–Crippen LogP) is 7.40. The van der Waals surface area contributed by atoms with Gasteiger partial charge in [0.05, 0.1) is 0 Å². The van der Waals surface area contributed by atoms with E-state index >= 15 is 0 Å². The quantitative estimate of drug-likeness (QED) is 0.344. The molecule has 4 rings (SSSR count). The van der Waals surface area contributed by atoms with Gasteiger partial charge in [0, 0.05) is 36.9 Å². The first-order valence-corrected chi connectivity index (χ1v) is 12.4. The Labute approximate surface area is 213 Å². The van der Waals surface area contributed by atoms with E-state index in [-0.39, 0.29) is 6.09 Å². The highest BCUT2D eigenvalue weighted by Gasteiger charge is 2.30. The summed E-state index contributed by atoms with van der Waals surface area (Å²) in [5.74, 6) is 1.89. The Bertz CT molecular complexity index is 1100. The third kappa shape index (κ3) is 7.40. The lowest BCUT2D eigenvalue weighted by atomic mass is 10.1. The van der Waals surface area contributed by atoms with Crippen molar-refractivity contribution in [2.24, 2.45) is 5.92 Å². The molecule has 0 N–H and O–H groups in total. The van der Waals surface area contributed by atoms with Crippen LogP contribution in [0, 0.1) is 5.92 Å². The van der Waals surface area contributed by atoms with E-state index in [1.54, 1.807) is 0 Å². The number of amides is 1. The van der Waals surface area contributed by atoms with E-state index in [0.717, 1.165) is 43.2 Å². The summed E-state index contributed by atoms with van der Waals surface area (Å²) in [4.78, 5) is 16.7. The summed E-state index contributed by atoms with van der Waals surface area (Å²) >= 11 is 5.97. The summed E-state index contributed by atoms with van der Waals surface area (Å²) in [5.41, 5.74) is 1.88. The zero-order chi connectivity index (χ0) is 24.8. The molecule has 3 aromatic carbocycles. The van der Waals surface area contributed by atoms with E-state index in [4.69, 9.17) is 21.1 Å². The van der Waals surface area contributed by atoms with Gasteiger partial charge in [0.25, 0.3) is 0 Å². The van der Waals surface area contributed by atoms with Crippen LogP contribution >= 0.6 is 11.6 Å². The zero-order valence-electron chi connectivity index (χ0n) is 20.6. The second kappa shape index (κ2) is 11.0. The van der Waals surface area contributed by atoms with Gasteiger partial charge in [-0.15, -0.1) is 0 Å². The molecule has 1 atom stereocenters. The number of benzene rings is 3. The molecule has 1 aliphatic heterocycles. The van der Waals surface area contributed by atoms with Crippen molar-refractivity contribution in [1.29, 1.82) is 0 Å². The second-order valence-corrected chi connectivity index (χ2v) is 10.4. The monoisotopic (exact) mass is 492 g/mol. The summed E-state index contributed by atoms with van der Waals surface area (Å²) in [6.07, 6.45) is 0.737. The minimum atomic E-state index is -0.482. The highest BCUT2D eigenvalue weighted by atomic mass is 35.5. The third-order valence-electron chi connectivity index (χ3n) is 5.88. The number of nitrogens with zero attached hydrogens (tertiary/aromatic N) is 2. The number of halogens is 1. The van der Waals surface area contributed by atoms with Gasteiger partial charge in [-0.2, -0.15) is 0 Å². The number of carbonyl (C=O) groups excluding carboxylic acids is 1. The molecule has 0 saturated carbocycles. The molecule has 0 bridgehead atoms. The molecule has 1 saturated heterocycles. The van der Waals surface area contributed by atoms with Gasteiger partial charge < -0.3 is 19.3 Å². The Morgan fingerprint density at radius 3 is 2.23 bits per heavy atom. The molecule has 1 aliphatic rings. The highest BCUT2D eigenvalue weighted by Crippen LogP contribution is 2.28. The van der Waals surface area contributed by atoms with Crippen LogP contribution in [0.1, 0.15) is 32.8 Å². The van der Waals surface area contributed by atoms with Gasteiger partial charge in [-0.3, -0.25) is 0 Å². The number of hydrogen-bond donors (Lipinski definition) is 0. The Morgan fingerprint density at radius 1 is 0.971 bits per heavy atom. The first-order valence-electron chi connectivity index (χ1n) is 12.1. The smallest absolute Gasteiger partial charge is 0.410 e. The van der Waals surface area contributed by atoms with Gasteiger partial charge in [0.15, 0.2) is 0 Å². The minimum absolute atomic E-state index is 0.224. The molecule has 6 heteroatoms. The van der Waals surface area contributed by atoms with E-state index in [1.165, 1.54) is 5.56 Å². The van der Waals surface area contributed by atoms with Gasteiger partial charge in [-0.1, -0.05) is 41.9 Å². The first-order chi connectivity index (χ1) is 16.7. The van der Waals surface area contributed by atoms with Crippen LogP contribution in [0.5, 0.6) is 11.5 Å². The van der Waals surface area contributed by atoms with E-state index in [0.29, 0.717) is 17.5 Å². The van der Waals surface area contributed by atoms with Crippen molar-refractivity contribution in [1.82, 2.24) is 4.90 Å².